The second kappa shape index (κ2) is 11.9. The molecule has 1 aliphatic rings. The van der Waals surface area contributed by atoms with E-state index in [0.717, 1.165) is 18.4 Å². The number of methoxy groups -OCH3 is 1. The van der Waals surface area contributed by atoms with Gasteiger partial charge in [0.2, 0.25) is 0 Å². The fourth-order valence-corrected chi connectivity index (χ4v) is 6.89. The van der Waals surface area contributed by atoms with E-state index in [-0.39, 0.29) is 11.7 Å². The van der Waals surface area contributed by atoms with E-state index in [0.29, 0.717) is 57.7 Å². The van der Waals surface area contributed by atoms with E-state index in [1.54, 1.807) is 18.6 Å². The number of ether oxygens (including phenoxy) is 1. The summed E-state index contributed by atoms with van der Waals surface area (Å²) < 4.78 is 19.6. The first-order chi connectivity index (χ1) is 16.9. The van der Waals surface area contributed by atoms with Crippen molar-refractivity contribution in [2.75, 3.05) is 32.5 Å². The van der Waals surface area contributed by atoms with Gasteiger partial charge in [0.15, 0.2) is 0 Å². The molecule has 10 heteroatoms. The third kappa shape index (κ3) is 6.27. The standard InChI is InChI=1S/C25H28ClFN2O4S2/c1-33-16-3-4-21-17(12-16)23(19(26)13-28-21)22(30)5-2-15-6-8-29(14-18(15)24(31)32)9-11-35-25-20(27)7-10-34-25/h3-4,7,10,12-13,15,18,22,30H,2,5-6,8-9,11,14H2,1H3,(H,31,32)/t15-,18+,22-/m0/s1. The molecule has 6 nitrogen and oxygen atoms in total. The van der Waals surface area contributed by atoms with Crippen LogP contribution in [0.5, 0.6) is 5.75 Å². The molecule has 1 aromatic carbocycles. The number of carbonyl (C=O) groups is 1. The Hall–Kier alpha value is -1.91. The van der Waals surface area contributed by atoms with Gasteiger partial charge in [-0.2, -0.15) is 0 Å². The molecule has 1 fully saturated rings. The van der Waals surface area contributed by atoms with Gasteiger partial charge < -0.3 is 19.8 Å². The topological polar surface area (TPSA) is 82.9 Å². The number of fused-ring (bicyclic) bond motifs is 1. The Morgan fingerprint density at radius 3 is 2.97 bits per heavy atom. The van der Waals surface area contributed by atoms with Crippen molar-refractivity contribution >= 4 is 51.6 Å². The SMILES string of the molecule is COc1ccc2ncc(Cl)c([C@@H](O)CC[C@H]3CCN(CCSc4sccc4F)C[C@H]3C(=O)O)c2c1. The van der Waals surface area contributed by atoms with Crippen molar-refractivity contribution in [3.8, 4) is 5.75 Å². The third-order valence-corrected chi connectivity index (χ3v) is 9.06. The number of carboxylic acids is 1. The van der Waals surface area contributed by atoms with Crippen LogP contribution in [0.1, 0.15) is 30.9 Å². The lowest BCUT2D eigenvalue weighted by Crippen LogP contribution is -2.44. The average molecular weight is 539 g/mol. The monoisotopic (exact) mass is 538 g/mol. The van der Waals surface area contributed by atoms with E-state index in [2.05, 4.69) is 9.88 Å². The molecule has 188 valence electrons. The van der Waals surface area contributed by atoms with Gasteiger partial charge >= 0.3 is 5.97 Å². The zero-order chi connectivity index (χ0) is 24.9. The molecular formula is C25H28ClFN2O4S2. The smallest absolute Gasteiger partial charge is 0.308 e. The van der Waals surface area contributed by atoms with Gasteiger partial charge in [-0.15, -0.1) is 23.1 Å². The lowest BCUT2D eigenvalue weighted by molar-refractivity contribution is -0.146. The molecule has 1 saturated heterocycles. The number of aliphatic hydroxyl groups excluding tert-OH is 1. The molecule has 2 N–H and O–H groups in total. The summed E-state index contributed by atoms with van der Waals surface area (Å²) in [7, 11) is 1.58. The normalized spacial score (nSPS) is 19.7. The van der Waals surface area contributed by atoms with Gasteiger partial charge in [0, 0.05) is 36.0 Å². The van der Waals surface area contributed by atoms with Crippen molar-refractivity contribution in [2.45, 2.75) is 29.6 Å². The number of hydrogen-bond acceptors (Lipinski definition) is 7. The minimum Gasteiger partial charge on any atom is -0.497 e. The summed E-state index contributed by atoms with van der Waals surface area (Å²) in [6.07, 6.45) is 2.40. The number of halogens is 2. The summed E-state index contributed by atoms with van der Waals surface area (Å²) >= 11 is 9.27. The summed E-state index contributed by atoms with van der Waals surface area (Å²) in [5, 5.41) is 23.8. The quantitative estimate of drug-likeness (QED) is 0.319. The molecular weight excluding hydrogens is 511 g/mol. The van der Waals surface area contributed by atoms with Gasteiger partial charge in [-0.3, -0.25) is 9.78 Å². The number of nitrogens with zero attached hydrogens (tertiary/aromatic N) is 2. The number of likely N-dealkylation sites (tertiary alicyclic amines) is 1. The van der Waals surface area contributed by atoms with Crippen LogP contribution in [0.15, 0.2) is 40.1 Å². The molecule has 3 aromatic rings. The number of thioether (sulfide) groups is 1. The van der Waals surface area contributed by atoms with Crippen LogP contribution in [0.3, 0.4) is 0 Å². The molecule has 0 radical (unpaired) electrons. The van der Waals surface area contributed by atoms with Gasteiger partial charge in [0.25, 0.3) is 0 Å². The molecule has 0 saturated carbocycles. The highest BCUT2D eigenvalue weighted by Crippen LogP contribution is 2.37. The van der Waals surface area contributed by atoms with Crippen molar-refractivity contribution < 1.29 is 24.1 Å². The number of thiophene rings is 1. The molecule has 1 aliphatic heterocycles. The summed E-state index contributed by atoms with van der Waals surface area (Å²) in [6.45, 7) is 1.95. The summed E-state index contributed by atoms with van der Waals surface area (Å²) in [4.78, 5) is 18.5. The third-order valence-electron chi connectivity index (χ3n) is 6.59. The molecule has 35 heavy (non-hydrogen) atoms. The highest BCUT2D eigenvalue weighted by Gasteiger charge is 2.34. The number of hydrogen-bond donors (Lipinski definition) is 2. The lowest BCUT2D eigenvalue weighted by atomic mass is 9.81. The molecule has 3 atom stereocenters. The number of carboxylic acid groups (broad SMARTS) is 1. The van der Waals surface area contributed by atoms with E-state index in [1.165, 1.54) is 35.4 Å². The maximum Gasteiger partial charge on any atom is 0.308 e. The summed E-state index contributed by atoms with van der Waals surface area (Å²) in [5.74, 6) is -0.200. The van der Waals surface area contributed by atoms with Crippen LogP contribution in [0.25, 0.3) is 10.9 Å². The largest absolute Gasteiger partial charge is 0.497 e. The van der Waals surface area contributed by atoms with Crippen molar-refractivity contribution in [1.29, 1.82) is 0 Å². The van der Waals surface area contributed by atoms with Crippen molar-refractivity contribution in [2.24, 2.45) is 11.8 Å². The Balaban J connectivity index is 1.37. The maximum atomic E-state index is 13.6. The van der Waals surface area contributed by atoms with Gasteiger partial charge in [0.05, 0.1) is 33.9 Å². The van der Waals surface area contributed by atoms with E-state index in [1.807, 2.05) is 12.1 Å². The van der Waals surface area contributed by atoms with Crippen molar-refractivity contribution in [3.63, 3.8) is 0 Å². The second-order valence-electron chi connectivity index (χ2n) is 8.69. The predicted molar refractivity (Wildman–Crippen MR) is 138 cm³/mol. The average Bonchev–Trinajstić information content (AvgIpc) is 3.26. The number of pyridine rings is 1. The Bertz CT molecular complexity index is 1180. The lowest BCUT2D eigenvalue weighted by Gasteiger charge is -2.37. The second-order valence-corrected chi connectivity index (χ2v) is 11.4. The van der Waals surface area contributed by atoms with Crippen LogP contribution in [0.2, 0.25) is 5.02 Å². The van der Waals surface area contributed by atoms with Crippen molar-refractivity contribution in [1.82, 2.24) is 9.88 Å². The zero-order valence-electron chi connectivity index (χ0n) is 19.3. The first-order valence-electron chi connectivity index (χ1n) is 11.5. The summed E-state index contributed by atoms with van der Waals surface area (Å²) in [5.41, 5.74) is 1.30. The van der Waals surface area contributed by atoms with Crippen LogP contribution in [-0.2, 0) is 4.79 Å². The molecule has 2 aromatic heterocycles. The minimum atomic E-state index is -0.843. The van der Waals surface area contributed by atoms with Crippen molar-refractivity contribution in [3.05, 3.63) is 52.2 Å². The van der Waals surface area contributed by atoms with Gasteiger partial charge in [0.1, 0.15) is 11.6 Å². The van der Waals surface area contributed by atoms with Gasteiger partial charge in [-0.1, -0.05) is 11.6 Å². The molecule has 0 amide bonds. The summed E-state index contributed by atoms with van der Waals surface area (Å²) in [6, 6.07) is 6.90. The Morgan fingerprint density at radius 1 is 1.43 bits per heavy atom. The minimum absolute atomic E-state index is 0.0396. The number of aliphatic carboxylic acids is 1. The molecule has 0 spiro atoms. The highest BCUT2D eigenvalue weighted by molar-refractivity contribution is 8.01. The van der Waals surface area contributed by atoms with Crippen LogP contribution in [-0.4, -0.2) is 58.6 Å². The van der Waals surface area contributed by atoms with E-state index < -0.39 is 18.0 Å². The Morgan fingerprint density at radius 2 is 2.26 bits per heavy atom. The highest BCUT2D eigenvalue weighted by atomic mass is 35.5. The van der Waals surface area contributed by atoms with Crippen LogP contribution in [0.4, 0.5) is 4.39 Å². The van der Waals surface area contributed by atoms with Crippen LogP contribution in [0, 0.1) is 17.7 Å². The molecule has 0 aliphatic carbocycles. The van der Waals surface area contributed by atoms with E-state index in [9.17, 15) is 19.4 Å². The number of aliphatic hydroxyl groups is 1. The number of piperidine rings is 1. The van der Waals surface area contributed by atoms with Crippen LogP contribution >= 0.6 is 34.7 Å². The first-order valence-corrected chi connectivity index (χ1v) is 13.7. The molecule has 4 rings (SSSR count). The Kier molecular flexibility index (Phi) is 8.88. The number of rotatable bonds is 10. The zero-order valence-corrected chi connectivity index (χ0v) is 21.7. The fraction of sp³-hybridized carbons (Fsp3) is 0.440. The molecule has 3 heterocycles. The first kappa shape index (κ1) is 26.2. The molecule has 0 unspecified atom stereocenters. The predicted octanol–water partition coefficient (Wildman–Crippen LogP) is 5.73. The number of benzene rings is 1. The maximum absolute atomic E-state index is 13.6. The number of aromatic nitrogens is 1. The van der Waals surface area contributed by atoms with Crippen LogP contribution < -0.4 is 4.74 Å². The Labute approximate surface area is 217 Å². The van der Waals surface area contributed by atoms with E-state index >= 15 is 0 Å². The molecule has 0 bridgehead atoms. The fourth-order valence-electron chi connectivity index (χ4n) is 4.70. The van der Waals surface area contributed by atoms with Gasteiger partial charge in [-0.05, 0) is 61.4 Å². The van der Waals surface area contributed by atoms with E-state index in [4.69, 9.17) is 16.3 Å². The van der Waals surface area contributed by atoms with Gasteiger partial charge in [-0.25, -0.2) is 4.39 Å².